The van der Waals surface area contributed by atoms with Gasteiger partial charge in [-0.1, -0.05) is 12.1 Å². The van der Waals surface area contributed by atoms with Crippen molar-refractivity contribution in [3.63, 3.8) is 0 Å². The number of nitrogens with one attached hydrogen (secondary N) is 1. The third-order valence-corrected chi connectivity index (χ3v) is 4.04. The van der Waals surface area contributed by atoms with Gasteiger partial charge < -0.3 is 21.9 Å². The maximum Gasteiger partial charge on any atom is 0.244 e. The summed E-state index contributed by atoms with van der Waals surface area (Å²) in [5.41, 5.74) is 14.4. The number of nitrogens with zero attached hydrogens (tertiary/aromatic N) is 2. The summed E-state index contributed by atoms with van der Waals surface area (Å²) < 4.78 is 0. The van der Waals surface area contributed by atoms with Crippen molar-refractivity contribution < 1.29 is 9.90 Å². The van der Waals surface area contributed by atoms with Gasteiger partial charge in [0, 0.05) is 17.6 Å². The van der Waals surface area contributed by atoms with Gasteiger partial charge in [0.2, 0.25) is 5.91 Å². The van der Waals surface area contributed by atoms with Crippen molar-refractivity contribution in [2.75, 3.05) is 11.1 Å². The second kappa shape index (κ2) is 5.60. The lowest BCUT2D eigenvalue weighted by atomic mass is 9.83. The molecule has 118 valence electrons. The lowest BCUT2D eigenvalue weighted by molar-refractivity contribution is -0.115. The Kier molecular flexibility index (Phi) is 3.61. The molecular formula is C16H17N5O2. The van der Waals surface area contributed by atoms with Gasteiger partial charge in [-0.25, -0.2) is 0 Å². The molecule has 1 amide bonds. The Morgan fingerprint density at radius 2 is 2.09 bits per heavy atom. The van der Waals surface area contributed by atoms with Crippen molar-refractivity contribution in [3.8, 4) is 17.0 Å². The van der Waals surface area contributed by atoms with Gasteiger partial charge in [-0.05, 0) is 30.7 Å². The highest BCUT2D eigenvalue weighted by atomic mass is 16.3. The summed E-state index contributed by atoms with van der Waals surface area (Å²) in [6.45, 7) is 1.86. The Balaban J connectivity index is 1.89. The van der Waals surface area contributed by atoms with Crippen LogP contribution >= 0.6 is 0 Å². The van der Waals surface area contributed by atoms with Gasteiger partial charge in [0.25, 0.3) is 0 Å². The number of aromatic nitrogens is 2. The minimum absolute atomic E-state index is 0.0128. The molecule has 1 heterocycles. The number of nitrogen functional groups attached to an aromatic ring is 1. The summed E-state index contributed by atoms with van der Waals surface area (Å²) in [5, 5.41) is 21.1. The van der Waals surface area contributed by atoms with Crippen molar-refractivity contribution in [2.45, 2.75) is 19.4 Å². The quantitative estimate of drug-likeness (QED) is 0.676. The molecule has 1 aliphatic carbocycles. The van der Waals surface area contributed by atoms with Crippen LogP contribution in [0, 0.1) is 0 Å². The topological polar surface area (TPSA) is 127 Å². The molecule has 7 nitrogen and oxygen atoms in total. The van der Waals surface area contributed by atoms with Gasteiger partial charge in [0.1, 0.15) is 5.75 Å². The zero-order chi connectivity index (χ0) is 16.6. The van der Waals surface area contributed by atoms with E-state index in [1.54, 1.807) is 30.3 Å². The fraction of sp³-hybridized carbons (Fsp3) is 0.188. The van der Waals surface area contributed by atoms with Crippen LogP contribution in [0.2, 0.25) is 0 Å². The second-order valence-corrected chi connectivity index (χ2v) is 5.47. The van der Waals surface area contributed by atoms with E-state index >= 15 is 0 Å². The first-order chi connectivity index (χ1) is 11.0. The third-order valence-electron chi connectivity index (χ3n) is 4.04. The summed E-state index contributed by atoms with van der Waals surface area (Å²) in [4.78, 5) is 11.2. The summed E-state index contributed by atoms with van der Waals surface area (Å²) in [6.07, 6.45) is 0.550. The minimum atomic E-state index is -0.392. The number of aromatic hydroxyl groups is 1. The van der Waals surface area contributed by atoms with E-state index in [9.17, 15) is 9.90 Å². The average molecular weight is 311 g/mol. The summed E-state index contributed by atoms with van der Waals surface area (Å²) in [6, 6.07) is 8.58. The lowest BCUT2D eigenvalue weighted by Crippen LogP contribution is -2.36. The molecule has 0 saturated heterocycles. The monoisotopic (exact) mass is 311 g/mol. The maximum absolute atomic E-state index is 11.2. The molecule has 7 heteroatoms. The summed E-state index contributed by atoms with van der Waals surface area (Å²) >= 11 is 0. The number of phenols is 1. The van der Waals surface area contributed by atoms with E-state index in [0.717, 1.165) is 5.57 Å². The predicted octanol–water partition coefficient (Wildman–Crippen LogP) is 1.42. The summed E-state index contributed by atoms with van der Waals surface area (Å²) in [7, 11) is 0. The van der Waals surface area contributed by atoms with E-state index < -0.39 is 5.91 Å². The minimum Gasteiger partial charge on any atom is -0.507 e. The van der Waals surface area contributed by atoms with Crippen molar-refractivity contribution >= 4 is 17.4 Å². The normalized spacial score (nSPS) is 16.8. The van der Waals surface area contributed by atoms with Crippen LogP contribution in [0.1, 0.15) is 13.3 Å². The van der Waals surface area contributed by atoms with Crippen LogP contribution in [0.4, 0.5) is 11.5 Å². The first-order valence-electron chi connectivity index (χ1n) is 7.15. The van der Waals surface area contributed by atoms with Gasteiger partial charge in [-0.2, -0.15) is 0 Å². The number of phenolic OH excluding ortho intramolecular Hbond substituents is 1. The molecule has 2 aromatic rings. The smallest absolute Gasteiger partial charge is 0.244 e. The predicted molar refractivity (Wildman–Crippen MR) is 87.5 cm³/mol. The van der Waals surface area contributed by atoms with E-state index in [-0.39, 0.29) is 17.6 Å². The number of benzene rings is 1. The molecule has 0 saturated carbocycles. The van der Waals surface area contributed by atoms with E-state index in [4.69, 9.17) is 11.5 Å². The lowest BCUT2D eigenvalue weighted by Gasteiger charge is -2.31. The average Bonchev–Trinajstić information content (AvgIpc) is 2.52. The number of anilines is 2. The van der Waals surface area contributed by atoms with Crippen LogP contribution in [-0.4, -0.2) is 27.3 Å². The zero-order valence-corrected chi connectivity index (χ0v) is 12.6. The maximum atomic E-state index is 11.2. The molecule has 6 N–H and O–H groups in total. The SMILES string of the molecule is CC1=C(C(N)=O)CC1Nc1cc(-c2ccccc2O)nnc1N. The Bertz CT molecular complexity index is 816. The van der Waals surface area contributed by atoms with Gasteiger partial charge >= 0.3 is 0 Å². The third kappa shape index (κ3) is 2.68. The van der Waals surface area contributed by atoms with Crippen molar-refractivity contribution in [2.24, 2.45) is 5.73 Å². The molecule has 1 aliphatic rings. The van der Waals surface area contributed by atoms with E-state index in [1.165, 1.54) is 0 Å². The van der Waals surface area contributed by atoms with Gasteiger partial charge in [0.05, 0.1) is 17.4 Å². The van der Waals surface area contributed by atoms with Gasteiger partial charge in [0.15, 0.2) is 5.82 Å². The van der Waals surface area contributed by atoms with E-state index in [0.29, 0.717) is 28.9 Å². The van der Waals surface area contributed by atoms with Crippen LogP contribution in [0.5, 0.6) is 5.75 Å². The molecule has 3 rings (SSSR count). The molecule has 1 aromatic carbocycles. The van der Waals surface area contributed by atoms with Crippen LogP contribution in [0.3, 0.4) is 0 Å². The largest absolute Gasteiger partial charge is 0.507 e. The Morgan fingerprint density at radius 3 is 2.74 bits per heavy atom. The zero-order valence-electron chi connectivity index (χ0n) is 12.6. The Hall–Kier alpha value is -3.09. The molecule has 1 aromatic heterocycles. The number of para-hydroxylation sites is 1. The number of nitrogens with two attached hydrogens (primary N) is 2. The first-order valence-corrected chi connectivity index (χ1v) is 7.15. The molecule has 0 aliphatic heterocycles. The molecule has 23 heavy (non-hydrogen) atoms. The summed E-state index contributed by atoms with van der Waals surface area (Å²) in [5.74, 6) is -0.0194. The Morgan fingerprint density at radius 1 is 1.35 bits per heavy atom. The van der Waals surface area contributed by atoms with Gasteiger partial charge in [-0.3, -0.25) is 4.79 Å². The van der Waals surface area contributed by atoms with Crippen LogP contribution in [-0.2, 0) is 4.79 Å². The molecule has 1 atom stereocenters. The van der Waals surface area contributed by atoms with E-state index in [1.807, 2.05) is 6.92 Å². The number of carbonyl (C=O) groups excluding carboxylic acids is 1. The first kappa shape index (κ1) is 14.8. The van der Waals surface area contributed by atoms with Crippen molar-refractivity contribution in [1.82, 2.24) is 10.2 Å². The highest BCUT2D eigenvalue weighted by molar-refractivity contribution is 5.95. The molecule has 0 fully saturated rings. The number of hydrogen-bond donors (Lipinski definition) is 4. The number of primary amides is 1. The number of carbonyl (C=O) groups is 1. The Labute approximate surface area is 133 Å². The van der Waals surface area contributed by atoms with Crippen LogP contribution in [0.15, 0.2) is 41.5 Å². The van der Waals surface area contributed by atoms with Crippen LogP contribution < -0.4 is 16.8 Å². The molecule has 1 unspecified atom stereocenters. The second-order valence-electron chi connectivity index (χ2n) is 5.47. The van der Waals surface area contributed by atoms with Crippen molar-refractivity contribution in [1.29, 1.82) is 0 Å². The highest BCUT2D eigenvalue weighted by Crippen LogP contribution is 2.34. The standard InChI is InChI=1S/C16H17N5O2/c1-8-10(16(18)23)6-11(8)19-13-7-12(20-21-15(13)17)9-4-2-3-5-14(9)22/h2-5,7,11,22H,6H2,1H3,(H2,17,21)(H2,18,23)(H,19,20). The van der Waals surface area contributed by atoms with Crippen LogP contribution in [0.25, 0.3) is 11.3 Å². The molecular weight excluding hydrogens is 294 g/mol. The van der Waals surface area contributed by atoms with Gasteiger partial charge in [-0.15, -0.1) is 10.2 Å². The number of amides is 1. The number of rotatable bonds is 4. The number of hydrogen-bond acceptors (Lipinski definition) is 6. The highest BCUT2D eigenvalue weighted by Gasteiger charge is 2.29. The molecule has 0 spiro atoms. The molecule has 0 radical (unpaired) electrons. The fourth-order valence-electron chi connectivity index (χ4n) is 2.58. The molecule has 0 bridgehead atoms. The van der Waals surface area contributed by atoms with Crippen molar-refractivity contribution in [3.05, 3.63) is 41.5 Å². The van der Waals surface area contributed by atoms with E-state index in [2.05, 4.69) is 15.5 Å². The fourth-order valence-corrected chi connectivity index (χ4v) is 2.58.